The number of carbonyl (C=O) groups is 2. The third kappa shape index (κ3) is 3.90. The molecule has 4 heterocycles. The Morgan fingerprint density at radius 3 is 2.79 bits per heavy atom. The van der Waals surface area contributed by atoms with Gasteiger partial charge >= 0.3 is 11.8 Å². The number of nitrogens with zero attached hydrogens (tertiary/aromatic N) is 2. The summed E-state index contributed by atoms with van der Waals surface area (Å²) in [5, 5.41) is 10.2. The van der Waals surface area contributed by atoms with Crippen LogP contribution in [-0.2, 0) is 16.1 Å². The Labute approximate surface area is 199 Å². The van der Waals surface area contributed by atoms with E-state index in [-0.39, 0.29) is 23.8 Å². The summed E-state index contributed by atoms with van der Waals surface area (Å²) < 4.78 is 12.2. The third-order valence-electron chi connectivity index (χ3n) is 8.71. The Balaban J connectivity index is 1.14. The predicted molar refractivity (Wildman–Crippen MR) is 124 cm³/mol. The van der Waals surface area contributed by atoms with Crippen LogP contribution in [0.15, 0.2) is 18.2 Å². The standard InChI is InChI=1S/C26H33N3O5/c30-23-7-6-21(24(31)27-23)29-15-17-14-18(4-5-19(17)25(29)32)34-22-3-1-2-20(22)28-11-8-26(16-28)9-12-33-13-10-26/h4-5,14,20-22H,1-3,6-13,15-16H2,(H,27,30,31)/p+1. The second kappa shape index (κ2) is 8.64. The second-order valence-corrected chi connectivity index (χ2v) is 10.7. The molecule has 2 saturated heterocycles. The molecular formula is C26H34N3O5+. The average molecular weight is 469 g/mol. The summed E-state index contributed by atoms with van der Waals surface area (Å²) in [6.45, 7) is 4.52. The number of ether oxygens (including phenoxy) is 2. The Morgan fingerprint density at radius 2 is 1.97 bits per heavy atom. The molecule has 3 unspecified atom stereocenters. The molecule has 1 aromatic rings. The molecule has 182 valence electrons. The van der Waals surface area contributed by atoms with Crippen molar-refractivity contribution < 1.29 is 29.2 Å². The molecule has 6 rings (SSSR count). The molecule has 34 heavy (non-hydrogen) atoms. The van der Waals surface area contributed by atoms with E-state index >= 15 is 0 Å². The topological polar surface area (TPSA) is 93.3 Å². The zero-order valence-electron chi connectivity index (χ0n) is 19.6. The van der Waals surface area contributed by atoms with Crippen molar-refractivity contribution in [3.63, 3.8) is 0 Å². The fourth-order valence-corrected chi connectivity index (χ4v) is 6.74. The van der Waals surface area contributed by atoms with Gasteiger partial charge in [-0.25, -0.2) is 4.79 Å². The number of aliphatic hydroxyl groups is 1. The van der Waals surface area contributed by atoms with E-state index in [0.717, 1.165) is 44.0 Å². The fraction of sp³-hybridized carbons (Fsp3) is 0.654. The SMILES string of the molecule is O=C1CCC(N2Cc3cc(OC4CCCC4N4CCC5(CCOCC5)C4)ccc3C2=O)C(O)=[NH+]1. The van der Waals surface area contributed by atoms with Crippen LogP contribution in [0.2, 0.25) is 0 Å². The maximum Gasteiger partial charge on any atom is 0.388 e. The second-order valence-electron chi connectivity index (χ2n) is 10.7. The van der Waals surface area contributed by atoms with Gasteiger partial charge in [0.2, 0.25) is 0 Å². The molecule has 0 radical (unpaired) electrons. The summed E-state index contributed by atoms with van der Waals surface area (Å²) >= 11 is 0. The lowest BCUT2D eigenvalue weighted by Crippen LogP contribution is -2.82. The number of carbonyl (C=O) groups excluding carboxylic acids is 2. The maximum atomic E-state index is 13.0. The van der Waals surface area contributed by atoms with Crippen LogP contribution in [0.5, 0.6) is 5.75 Å². The number of hydrogen-bond donors (Lipinski definition) is 2. The van der Waals surface area contributed by atoms with Crippen molar-refractivity contribution in [1.29, 1.82) is 0 Å². The van der Waals surface area contributed by atoms with Gasteiger partial charge in [-0.15, -0.1) is 4.99 Å². The van der Waals surface area contributed by atoms with E-state index in [1.165, 1.54) is 32.1 Å². The zero-order chi connectivity index (χ0) is 23.3. The van der Waals surface area contributed by atoms with E-state index < -0.39 is 6.04 Å². The summed E-state index contributed by atoms with van der Waals surface area (Å²) in [6, 6.07) is 5.72. The van der Waals surface area contributed by atoms with Crippen LogP contribution in [0.25, 0.3) is 0 Å². The highest BCUT2D eigenvalue weighted by Gasteiger charge is 2.45. The lowest BCUT2D eigenvalue weighted by molar-refractivity contribution is -0.394. The molecular weight excluding hydrogens is 434 g/mol. The van der Waals surface area contributed by atoms with Crippen LogP contribution >= 0.6 is 0 Å². The van der Waals surface area contributed by atoms with Crippen molar-refractivity contribution in [1.82, 2.24) is 9.80 Å². The van der Waals surface area contributed by atoms with Gasteiger partial charge in [0.15, 0.2) is 6.04 Å². The first-order valence-corrected chi connectivity index (χ1v) is 12.8. The minimum atomic E-state index is -0.478. The largest absolute Gasteiger partial charge is 0.489 e. The number of rotatable bonds is 4. The van der Waals surface area contributed by atoms with Gasteiger partial charge < -0.3 is 19.5 Å². The smallest absolute Gasteiger partial charge is 0.388 e. The lowest BCUT2D eigenvalue weighted by Gasteiger charge is -2.35. The zero-order valence-corrected chi connectivity index (χ0v) is 19.6. The summed E-state index contributed by atoms with van der Waals surface area (Å²) in [5.74, 6) is 0.373. The van der Waals surface area contributed by atoms with Crippen LogP contribution in [0.1, 0.15) is 67.3 Å². The molecule has 1 spiro atoms. The van der Waals surface area contributed by atoms with Gasteiger partial charge in [0, 0.05) is 37.9 Å². The summed E-state index contributed by atoms with van der Waals surface area (Å²) in [7, 11) is 0. The molecule has 0 bridgehead atoms. The lowest BCUT2D eigenvalue weighted by atomic mass is 9.79. The van der Waals surface area contributed by atoms with E-state index in [2.05, 4.69) is 9.89 Å². The van der Waals surface area contributed by atoms with E-state index in [1.807, 2.05) is 18.2 Å². The molecule has 1 aromatic carbocycles. The van der Waals surface area contributed by atoms with Crippen LogP contribution in [-0.4, -0.2) is 77.1 Å². The highest BCUT2D eigenvalue weighted by molar-refractivity contribution is 6.01. The maximum absolute atomic E-state index is 13.0. The summed E-state index contributed by atoms with van der Waals surface area (Å²) in [6.07, 6.45) is 7.95. The monoisotopic (exact) mass is 468 g/mol. The van der Waals surface area contributed by atoms with Crippen molar-refractivity contribution in [2.24, 2.45) is 5.41 Å². The molecule has 1 aliphatic carbocycles. The Morgan fingerprint density at radius 1 is 1.12 bits per heavy atom. The quantitative estimate of drug-likeness (QED) is 0.689. The van der Waals surface area contributed by atoms with Gasteiger partial charge in [-0.1, -0.05) is 0 Å². The first-order valence-electron chi connectivity index (χ1n) is 12.8. The molecule has 8 heteroatoms. The third-order valence-corrected chi connectivity index (χ3v) is 8.71. The minimum Gasteiger partial charge on any atom is -0.489 e. The van der Waals surface area contributed by atoms with Gasteiger partial charge in [-0.3, -0.25) is 9.69 Å². The Kier molecular flexibility index (Phi) is 5.60. The van der Waals surface area contributed by atoms with Crippen molar-refractivity contribution in [2.75, 3.05) is 26.3 Å². The average Bonchev–Trinajstić information content (AvgIpc) is 3.53. The number of nitrogens with one attached hydrogen (secondary N) is 1. The molecule has 4 aliphatic heterocycles. The molecule has 3 fully saturated rings. The van der Waals surface area contributed by atoms with E-state index in [4.69, 9.17) is 9.47 Å². The van der Waals surface area contributed by atoms with Crippen molar-refractivity contribution in [3.05, 3.63) is 29.3 Å². The van der Waals surface area contributed by atoms with Gasteiger partial charge in [-0.05, 0) is 80.7 Å². The minimum absolute atomic E-state index is 0.105. The number of amides is 2. The highest BCUT2D eigenvalue weighted by atomic mass is 16.5. The highest BCUT2D eigenvalue weighted by Crippen LogP contribution is 2.43. The number of benzene rings is 1. The van der Waals surface area contributed by atoms with Crippen LogP contribution in [0, 0.1) is 5.41 Å². The van der Waals surface area contributed by atoms with Crippen LogP contribution in [0.4, 0.5) is 0 Å². The Bertz CT molecular complexity index is 1020. The fourth-order valence-electron chi connectivity index (χ4n) is 6.74. The molecule has 2 amide bonds. The van der Waals surface area contributed by atoms with Gasteiger partial charge in [0.05, 0.1) is 6.42 Å². The van der Waals surface area contributed by atoms with Crippen molar-refractivity contribution in [3.8, 4) is 5.75 Å². The van der Waals surface area contributed by atoms with Crippen LogP contribution < -0.4 is 9.73 Å². The van der Waals surface area contributed by atoms with Gasteiger partial charge in [0.1, 0.15) is 11.9 Å². The van der Waals surface area contributed by atoms with E-state index in [9.17, 15) is 14.7 Å². The Hall–Kier alpha value is -2.45. The number of fused-ring (bicyclic) bond motifs is 1. The van der Waals surface area contributed by atoms with E-state index in [1.54, 1.807) is 4.90 Å². The first-order chi connectivity index (χ1) is 16.5. The summed E-state index contributed by atoms with van der Waals surface area (Å²) in [5.41, 5.74) is 2.01. The van der Waals surface area contributed by atoms with E-state index in [0.29, 0.717) is 36.4 Å². The molecule has 2 N–H and O–H groups in total. The predicted octanol–water partition coefficient (Wildman–Crippen LogP) is 1.17. The van der Waals surface area contributed by atoms with Crippen molar-refractivity contribution >= 4 is 17.7 Å². The number of aliphatic hydroxyl groups excluding tert-OH is 1. The molecule has 8 nitrogen and oxygen atoms in total. The summed E-state index contributed by atoms with van der Waals surface area (Å²) in [4.78, 5) is 31.3. The number of likely N-dealkylation sites (tertiary alicyclic amines) is 1. The normalized spacial score (nSPS) is 31.2. The molecule has 1 saturated carbocycles. The molecule has 3 atom stereocenters. The van der Waals surface area contributed by atoms with Crippen LogP contribution in [0.3, 0.4) is 0 Å². The van der Waals surface area contributed by atoms with Gasteiger partial charge in [-0.2, -0.15) is 0 Å². The molecule has 5 aliphatic rings. The first kappa shape index (κ1) is 22.0. The number of hydrogen-bond acceptors (Lipinski definition) is 5. The van der Waals surface area contributed by atoms with Gasteiger partial charge in [0.25, 0.3) is 5.91 Å². The van der Waals surface area contributed by atoms with Crippen molar-refractivity contribution in [2.45, 2.75) is 76.1 Å². The molecule has 0 aromatic heterocycles.